The van der Waals surface area contributed by atoms with Crippen LogP contribution >= 0.6 is 11.8 Å². The van der Waals surface area contributed by atoms with E-state index in [0.29, 0.717) is 28.3 Å². The van der Waals surface area contributed by atoms with E-state index >= 15 is 0 Å². The van der Waals surface area contributed by atoms with Gasteiger partial charge in [0.2, 0.25) is 5.43 Å². The van der Waals surface area contributed by atoms with Crippen LogP contribution in [0.1, 0.15) is 28.2 Å². The average molecular weight is 385 g/mol. The Hall–Kier alpha value is -2.64. The molecule has 1 atom stereocenters. The van der Waals surface area contributed by atoms with Gasteiger partial charge in [-0.2, -0.15) is 0 Å². The highest BCUT2D eigenvalue weighted by Crippen LogP contribution is 2.46. The molecule has 1 aliphatic rings. The number of pyridine rings is 1. The van der Waals surface area contributed by atoms with Gasteiger partial charge < -0.3 is 14.4 Å². The normalized spacial score (nSPS) is 15.4. The number of rotatable bonds is 4. The molecule has 1 unspecified atom stereocenters. The molecular formula is C20H16FNO4S. The Kier molecular flexibility index (Phi) is 4.28. The van der Waals surface area contributed by atoms with Gasteiger partial charge in [0.05, 0.1) is 22.5 Å². The van der Waals surface area contributed by atoms with Crippen LogP contribution in [0, 0.1) is 5.82 Å². The molecular weight excluding hydrogens is 369 g/mol. The molecule has 27 heavy (non-hydrogen) atoms. The lowest BCUT2D eigenvalue weighted by Crippen LogP contribution is -2.28. The lowest BCUT2D eigenvalue weighted by atomic mass is 10.0. The second-order valence-electron chi connectivity index (χ2n) is 6.38. The van der Waals surface area contributed by atoms with Gasteiger partial charge in [0.1, 0.15) is 11.4 Å². The molecule has 4 rings (SSSR count). The van der Waals surface area contributed by atoms with Gasteiger partial charge in [-0.1, -0.05) is 36.0 Å². The largest absolute Gasteiger partial charge is 0.477 e. The predicted octanol–water partition coefficient (Wildman–Crippen LogP) is 4.28. The Balaban J connectivity index is 1.95. The molecule has 0 radical (unpaired) electrons. The Bertz CT molecular complexity index is 1140. The van der Waals surface area contributed by atoms with Crippen molar-refractivity contribution in [1.82, 2.24) is 4.57 Å². The van der Waals surface area contributed by atoms with Crippen molar-refractivity contribution in [2.24, 2.45) is 0 Å². The number of methoxy groups -OCH3 is 1. The van der Waals surface area contributed by atoms with Gasteiger partial charge in [-0.25, -0.2) is 9.18 Å². The molecule has 0 spiro atoms. The van der Waals surface area contributed by atoms with E-state index in [1.807, 2.05) is 19.1 Å². The minimum atomic E-state index is -1.29. The summed E-state index contributed by atoms with van der Waals surface area (Å²) in [6.07, 6.45) is 0. The lowest BCUT2D eigenvalue weighted by Gasteiger charge is -2.32. The number of carboxylic acids is 1. The van der Waals surface area contributed by atoms with Crippen molar-refractivity contribution in [1.29, 1.82) is 0 Å². The van der Waals surface area contributed by atoms with Crippen LogP contribution in [0.3, 0.4) is 0 Å². The smallest absolute Gasteiger partial charge is 0.342 e. The first-order valence-electron chi connectivity index (χ1n) is 8.32. The topological polar surface area (TPSA) is 68.5 Å². The molecule has 0 bridgehead atoms. The number of halogens is 1. The average Bonchev–Trinajstić information content (AvgIpc) is 2.62. The quantitative estimate of drug-likeness (QED) is 0.726. The first-order valence-corrected chi connectivity index (χ1v) is 9.20. The third kappa shape index (κ3) is 2.74. The molecule has 0 fully saturated rings. The van der Waals surface area contributed by atoms with Crippen LogP contribution in [-0.2, 0) is 11.3 Å². The third-order valence-electron chi connectivity index (χ3n) is 4.68. The number of benzene rings is 2. The van der Waals surface area contributed by atoms with Gasteiger partial charge in [-0.15, -0.1) is 0 Å². The summed E-state index contributed by atoms with van der Waals surface area (Å²) in [5.41, 5.74) is 1.62. The van der Waals surface area contributed by atoms with E-state index in [2.05, 4.69) is 0 Å². The number of hydrogen-bond donors (Lipinski definition) is 1. The predicted molar refractivity (Wildman–Crippen MR) is 102 cm³/mol. The van der Waals surface area contributed by atoms with E-state index in [9.17, 15) is 19.1 Å². The number of thioether (sulfide) groups is 1. The highest BCUT2D eigenvalue weighted by Gasteiger charge is 2.33. The van der Waals surface area contributed by atoms with Crippen LogP contribution in [0.5, 0.6) is 0 Å². The van der Waals surface area contributed by atoms with Gasteiger partial charge in [-0.05, 0) is 30.2 Å². The number of fused-ring (bicyclic) bond motifs is 3. The first-order chi connectivity index (χ1) is 12.9. The monoisotopic (exact) mass is 385 g/mol. The maximum Gasteiger partial charge on any atom is 0.342 e. The number of carboxylic acid groups (broad SMARTS) is 1. The molecule has 3 aromatic rings. The second kappa shape index (κ2) is 6.51. The van der Waals surface area contributed by atoms with Gasteiger partial charge in [0, 0.05) is 18.1 Å². The highest BCUT2D eigenvalue weighted by molar-refractivity contribution is 8.00. The molecule has 0 amide bonds. The minimum absolute atomic E-state index is 0.0245. The van der Waals surface area contributed by atoms with Crippen molar-refractivity contribution in [3.05, 3.63) is 63.6 Å². The highest BCUT2D eigenvalue weighted by atomic mass is 32.2. The summed E-state index contributed by atoms with van der Waals surface area (Å²) in [5, 5.41) is 9.87. The number of aromatic nitrogens is 1. The maximum absolute atomic E-state index is 14.8. The summed E-state index contributed by atoms with van der Waals surface area (Å²) in [7, 11) is 1.61. The van der Waals surface area contributed by atoms with Gasteiger partial charge in [-0.3, -0.25) is 4.79 Å². The minimum Gasteiger partial charge on any atom is -0.477 e. The SMILES string of the molecule is COCc1ccc(-c2cc3c(cc2F)c(=O)c(C(=O)O)c2n3C(C)S2)cc1. The molecule has 0 aliphatic carbocycles. The van der Waals surface area contributed by atoms with Gasteiger partial charge >= 0.3 is 5.97 Å². The molecule has 2 aromatic carbocycles. The van der Waals surface area contributed by atoms with Crippen LogP contribution in [0.2, 0.25) is 0 Å². The lowest BCUT2D eigenvalue weighted by molar-refractivity contribution is 0.0689. The van der Waals surface area contributed by atoms with Crippen LogP contribution in [-0.4, -0.2) is 22.8 Å². The van der Waals surface area contributed by atoms with Crippen molar-refractivity contribution < 1.29 is 19.0 Å². The summed E-state index contributed by atoms with van der Waals surface area (Å²) in [4.78, 5) is 24.1. The zero-order valence-corrected chi connectivity index (χ0v) is 15.5. The number of ether oxygens (including phenoxy) is 1. The standard InChI is InChI=1S/C20H16FNO4S/c1-10-22-16-8-13(12-5-3-11(4-6-12)9-26-2)15(21)7-14(16)18(23)17(20(24)25)19(22)27-10/h3-8,10H,9H2,1-2H3,(H,24,25). The van der Waals surface area contributed by atoms with E-state index in [-0.39, 0.29) is 16.3 Å². The fourth-order valence-electron chi connectivity index (χ4n) is 3.40. The van der Waals surface area contributed by atoms with Crippen molar-refractivity contribution in [3.63, 3.8) is 0 Å². The van der Waals surface area contributed by atoms with Crippen LogP contribution in [0.15, 0.2) is 46.2 Å². The summed E-state index contributed by atoms with van der Waals surface area (Å²) in [5.74, 6) is -1.85. The summed E-state index contributed by atoms with van der Waals surface area (Å²) < 4.78 is 21.7. The molecule has 1 N–H and O–H groups in total. The molecule has 1 aromatic heterocycles. The van der Waals surface area contributed by atoms with Crippen LogP contribution in [0.25, 0.3) is 22.0 Å². The Morgan fingerprint density at radius 3 is 2.59 bits per heavy atom. The van der Waals surface area contributed by atoms with E-state index in [0.717, 1.165) is 11.6 Å². The van der Waals surface area contributed by atoms with E-state index in [1.54, 1.807) is 29.9 Å². The molecule has 0 saturated carbocycles. The first kappa shape index (κ1) is 17.8. The van der Waals surface area contributed by atoms with Crippen LogP contribution in [0.4, 0.5) is 4.39 Å². The zero-order chi connectivity index (χ0) is 19.3. The fourth-order valence-corrected chi connectivity index (χ4v) is 4.56. The zero-order valence-electron chi connectivity index (χ0n) is 14.7. The van der Waals surface area contributed by atoms with Gasteiger partial charge in [0.15, 0.2) is 0 Å². The maximum atomic E-state index is 14.8. The molecule has 2 heterocycles. The Morgan fingerprint density at radius 1 is 1.30 bits per heavy atom. The summed E-state index contributed by atoms with van der Waals surface area (Å²) in [6, 6.07) is 10.1. The van der Waals surface area contributed by atoms with Crippen LogP contribution < -0.4 is 5.43 Å². The van der Waals surface area contributed by atoms with Crippen molar-refractivity contribution in [3.8, 4) is 11.1 Å². The molecule has 0 saturated heterocycles. The van der Waals surface area contributed by atoms with E-state index in [1.165, 1.54) is 11.8 Å². The molecule has 138 valence electrons. The van der Waals surface area contributed by atoms with Crippen molar-refractivity contribution >= 4 is 28.6 Å². The fraction of sp³-hybridized carbons (Fsp3) is 0.200. The number of aromatic carboxylic acids is 1. The van der Waals surface area contributed by atoms with Crippen molar-refractivity contribution in [2.75, 3.05) is 7.11 Å². The van der Waals surface area contributed by atoms with E-state index in [4.69, 9.17) is 4.74 Å². The molecule has 1 aliphatic heterocycles. The van der Waals surface area contributed by atoms with Crippen molar-refractivity contribution in [2.45, 2.75) is 23.9 Å². The summed E-state index contributed by atoms with van der Waals surface area (Å²) >= 11 is 1.33. The number of hydrogen-bond acceptors (Lipinski definition) is 4. The number of carbonyl (C=O) groups is 1. The molecule has 7 heteroatoms. The van der Waals surface area contributed by atoms with Gasteiger partial charge in [0.25, 0.3) is 0 Å². The molecule has 5 nitrogen and oxygen atoms in total. The third-order valence-corrected chi connectivity index (χ3v) is 5.86. The Morgan fingerprint density at radius 2 is 2.00 bits per heavy atom. The van der Waals surface area contributed by atoms with E-state index < -0.39 is 17.2 Å². The number of nitrogens with zero attached hydrogens (tertiary/aromatic N) is 1. The summed E-state index contributed by atoms with van der Waals surface area (Å²) in [6.45, 7) is 2.38. The Labute approximate surface area is 158 Å². The second-order valence-corrected chi connectivity index (χ2v) is 7.69.